The van der Waals surface area contributed by atoms with Gasteiger partial charge in [0.25, 0.3) is 0 Å². The summed E-state index contributed by atoms with van der Waals surface area (Å²) in [6.07, 6.45) is 1.65. The van der Waals surface area contributed by atoms with E-state index in [9.17, 15) is 9.90 Å². The lowest BCUT2D eigenvalue weighted by molar-refractivity contribution is 0.0717. The van der Waals surface area contributed by atoms with Crippen LogP contribution < -0.4 is 0 Å². The van der Waals surface area contributed by atoms with Gasteiger partial charge in [-0.2, -0.15) is 0 Å². The van der Waals surface area contributed by atoms with Gasteiger partial charge in [-0.1, -0.05) is 41.4 Å². The van der Waals surface area contributed by atoms with Crippen LogP contribution in [0.15, 0.2) is 36.4 Å². The molecule has 0 atom stereocenters. The summed E-state index contributed by atoms with van der Waals surface area (Å²) in [5, 5.41) is 9.80. The molecule has 0 saturated heterocycles. The van der Waals surface area contributed by atoms with Gasteiger partial charge in [0.15, 0.2) is 5.75 Å². The SMILES string of the molecule is O=C1O/C(=C\c2cc(Cl)c(O)c(Cl)c2)c2ccccc21. The van der Waals surface area contributed by atoms with Gasteiger partial charge in [-0.25, -0.2) is 4.79 Å². The lowest BCUT2D eigenvalue weighted by atomic mass is 10.1. The van der Waals surface area contributed by atoms with Gasteiger partial charge in [0.2, 0.25) is 0 Å². The molecule has 0 saturated carbocycles. The minimum Gasteiger partial charge on any atom is -0.505 e. The van der Waals surface area contributed by atoms with Crippen LogP contribution in [-0.4, -0.2) is 11.1 Å². The van der Waals surface area contributed by atoms with Gasteiger partial charge < -0.3 is 9.84 Å². The van der Waals surface area contributed by atoms with Crippen LogP contribution in [0.2, 0.25) is 10.0 Å². The van der Waals surface area contributed by atoms with Crippen LogP contribution in [0.3, 0.4) is 0 Å². The monoisotopic (exact) mass is 306 g/mol. The molecule has 0 radical (unpaired) electrons. The molecule has 5 heteroatoms. The number of esters is 1. The van der Waals surface area contributed by atoms with Crippen molar-refractivity contribution in [3.8, 4) is 5.75 Å². The van der Waals surface area contributed by atoms with Crippen LogP contribution >= 0.6 is 23.2 Å². The van der Waals surface area contributed by atoms with Crippen LogP contribution in [0, 0.1) is 0 Å². The Labute approximate surface area is 125 Å². The molecule has 1 aliphatic rings. The molecule has 1 N–H and O–H groups in total. The Morgan fingerprint density at radius 1 is 1.05 bits per heavy atom. The molecule has 2 aromatic carbocycles. The Bertz CT molecular complexity index is 728. The normalized spacial score (nSPS) is 15.3. The summed E-state index contributed by atoms with van der Waals surface area (Å²) in [5.74, 6) is -0.120. The van der Waals surface area contributed by atoms with Crippen molar-refractivity contribution in [3.63, 3.8) is 0 Å². The number of ether oxygens (including phenoxy) is 1. The first-order valence-corrected chi connectivity index (χ1v) is 6.53. The molecule has 1 aliphatic heterocycles. The van der Waals surface area contributed by atoms with Crippen molar-refractivity contribution in [2.24, 2.45) is 0 Å². The number of cyclic esters (lactones) is 1. The van der Waals surface area contributed by atoms with Gasteiger partial charge in [0, 0.05) is 5.56 Å². The molecule has 0 aromatic heterocycles. The van der Waals surface area contributed by atoms with Crippen LogP contribution in [0.5, 0.6) is 5.75 Å². The third-order valence-corrected chi connectivity index (χ3v) is 3.53. The molecule has 100 valence electrons. The van der Waals surface area contributed by atoms with Gasteiger partial charge in [-0.15, -0.1) is 0 Å². The molecule has 1 heterocycles. The highest BCUT2D eigenvalue weighted by Crippen LogP contribution is 2.36. The van der Waals surface area contributed by atoms with Gasteiger partial charge >= 0.3 is 5.97 Å². The third kappa shape index (κ3) is 2.15. The number of carbonyl (C=O) groups is 1. The summed E-state index contributed by atoms with van der Waals surface area (Å²) >= 11 is 11.7. The number of phenols is 1. The van der Waals surface area contributed by atoms with Crippen molar-refractivity contribution in [1.29, 1.82) is 0 Å². The number of fused-ring (bicyclic) bond motifs is 1. The maximum atomic E-state index is 11.7. The Kier molecular flexibility index (Phi) is 3.16. The minimum absolute atomic E-state index is 0.141. The van der Waals surface area contributed by atoms with Crippen LogP contribution in [-0.2, 0) is 4.74 Å². The first-order valence-electron chi connectivity index (χ1n) is 5.77. The average molecular weight is 307 g/mol. The number of hydrogen-bond donors (Lipinski definition) is 1. The molecule has 0 amide bonds. The van der Waals surface area contributed by atoms with Crippen molar-refractivity contribution in [2.75, 3.05) is 0 Å². The predicted octanol–water partition coefficient (Wildman–Crippen LogP) is 4.37. The van der Waals surface area contributed by atoms with E-state index >= 15 is 0 Å². The summed E-state index contributed by atoms with van der Waals surface area (Å²) in [6.45, 7) is 0. The third-order valence-electron chi connectivity index (χ3n) is 2.95. The molecular formula is C15H8Cl2O3. The van der Waals surface area contributed by atoms with E-state index in [1.165, 1.54) is 0 Å². The maximum Gasteiger partial charge on any atom is 0.344 e. The van der Waals surface area contributed by atoms with Crippen LogP contribution in [0.25, 0.3) is 11.8 Å². The molecule has 0 fully saturated rings. The average Bonchev–Trinajstić information content (AvgIpc) is 2.73. The zero-order valence-corrected chi connectivity index (χ0v) is 11.6. The number of rotatable bonds is 1. The second-order valence-corrected chi connectivity index (χ2v) is 5.09. The second-order valence-electron chi connectivity index (χ2n) is 4.28. The zero-order chi connectivity index (χ0) is 14.3. The van der Waals surface area contributed by atoms with Crippen molar-refractivity contribution >= 4 is 41.0 Å². The smallest absolute Gasteiger partial charge is 0.344 e. The van der Waals surface area contributed by atoms with E-state index < -0.39 is 0 Å². The quantitative estimate of drug-likeness (QED) is 0.796. The number of carbonyl (C=O) groups excluding carboxylic acids is 1. The van der Waals surface area contributed by atoms with Gasteiger partial charge in [0.1, 0.15) is 5.76 Å². The molecule has 3 nitrogen and oxygen atoms in total. The minimum atomic E-state index is -0.386. The summed E-state index contributed by atoms with van der Waals surface area (Å²) in [6, 6.07) is 10.2. The number of halogens is 2. The van der Waals surface area contributed by atoms with Gasteiger partial charge in [0.05, 0.1) is 15.6 Å². The number of benzene rings is 2. The highest BCUT2D eigenvalue weighted by Gasteiger charge is 2.25. The fourth-order valence-electron chi connectivity index (χ4n) is 2.01. The Morgan fingerprint density at radius 2 is 1.65 bits per heavy atom. The van der Waals surface area contributed by atoms with E-state index in [0.29, 0.717) is 16.9 Å². The predicted molar refractivity (Wildman–Crippen MR) is 77.9 cm³/mol. The summed E-state index contributed by atoms with van der Waals surface area (Å²) in [7, 11) is 0. The fraction of sp³-hybridized carbons (Fsp3) is 0. The van der Waals surface area contributed by atoms with E-state index in [4.69, 9.17) is 27.9 Å². The second kappa shape index (κ2) is 4.85. The maximum absolute atomic E-state index is 11.7. The lowest BCUT2D eigenvalue weighted by Gasteiger charge is -2.03. The van der Waals surface area contributed by atoms with Crippen molar-refractivity contribution in [3.05, 3.63) is 63.1 Å². The van der Waals surface area contributed by atoms with E-state index in [0.717, 1.165) is 5.56 Å². The van der Waals surface area contributed by atoms with Crippen LogP contribution in [0.4, 0.5) is 0 Å². The standard InChI is InChI=1S/C15H8Cl2O3/c16-11-5-8(6-12(17)14(11)18)7-13-9-3-1-2-4-10(9)15(19)20-13/h1-7,18H/b13-7-. The van der Waals surface area contributed by atoms with E-state index in [-0.39, 0.29) is 21.8 Å². The number of hydrogen-bond acceptors (Lipinski definition) is 3. The number of phenolic OH excluding ortho intramolecular Hbond substituents is 1. The first kappa shape index (κ1) is 13.0. The van der Waals surface area contributed by atoms with E-state index in [1.54, 1.807) is 36.4 Å². The van der Waals surface area contributed by atoms with Crippen molar-refractivity contribution in [1.82, 2.24) is 0 Å². The number of aromatic hydroxyl groups is 1. The molecule has 20 heavy (non-hydrogen) atoms. The van der Waals surface area contributed by atoms with E-state index in [2.05, 4.69) is 0 Å². The Hall–Kier alpha value is -1.97. The molecular weight excluding hydrogens is 299 g/mol. The molecule has 0 bridgehead atoms. The summed E-state index contributed by atoms with van der Waals surface area (Å²) in [4.78, 5) is 11.7. The molecule has 3 rings (SSSR count). The van der Waals surface area contributed by atoms with Crippen molar-refractivity contribution in [2.45, 2.75) is 0 Å². The summed E-state index contributed by atoms with van der Waals surface area (Å²) < 4.78 is 5.22. The molecule has 2 aromatic rings. The lowest BCUT2D eigenvalue weighted by Crippen LogP contribution is -1.92. The summed E-state index contributed by atoms with van der Waals surface area (Å²) in [5.41, 5.74) is 1.88. The highest BCUT2D eigenvalue weighted by atomic mass is 35.5. The molecule has 0 unspecified atom stereocenters. The fourth-order valence-corrected chi connectivity index (χ4v) is 2.52. The zero-order valence-electron chi connectivity index (χ0n) is 10.1. The van der Waals surface area contributed by atoms with E-state index in [1.807, 2.05) is 6.07 Å². The molecule has 0 spiro atoms. The molecule has 0 aliphatic carbocycles. The van der Waals surface area contributed by atoms with Crippen molar-refractivity contribution < 1.29 is 14.6 Å². The van der Waals surface area contributed by atoms with Gasteiger partial charge in [-0.3, -0.25) is 0 Å². The topological polar surface area (TPSA) is 46.5 Å². The Balaban J connectivity index is 2.09. The van der Waals surface area contributed by atoms with Gasteiger partial charge in [-0.05, 0) is 29.8 Å². The Morgan fingerprint density at radius 3 is 2.30 bits per heavy atom. The highest BCUT2D eigenvalue weighted by molar-refractivity contribution is 6.37. The largest absolute Gasteiger partial charge is 0.505 e. The first-order chi connectivity index (χ1) is 9.56. The van der Waals surface area contributed by atoms with Crippen LogP contribution in [0.1, 0.15) is 21.5 Å².